The Bertz CT molecular complexity index is 367. The quantitative estimate of drug-likeness (QED) is 0.793. The van der Waals surface area contributed by atoms with Gasteiger partial charge in [-0.05, 0) is 12.1 Å². The molecule has 2 rings (SSSR count). The molecule has 0 aromatic heterocycles. The second kappa shape index (κ2) is 5.68. The topological polar surface area (TPSA) is 41.6 Å². The number of anilines is 1. The van der Waals surface area contributed by atoms with Crippen LogP contribution < -0.4 is 10.2 Å². The standard InChI is InChI=1S/C13H18N2O2/c1-17-13(16)9-11-10-15(8-7-14-11)12-5-3-2-4-6-12/h2-6,11,14H,7-10H2,1H3. The summed E-state index contributed by atoms with van der Waals surface area (Å²) in [7, 11) is 1.43. The third-order valence-electron chi connectivity index (χ3n) is 3.02. The first-order valence-corrected chi connectivity index (χ1v) is 5.90. The van der Waals surface area contributed by atoms with Crippen LogP contribution in [0.2, 0.25) is 0 Å². The monoisotopic (exact) mass is 234 g/mol. The summed E-state index contributed by atoms with van der Waals surface area (Å²) < 4.78 is 4.70. The summed E-state index contributed by atoms with van der Waals surface area (Å²) in [4.78, 5) is 13.5. The number of benzene rings is 1. The zero-order chi connectivity index (χ0) is 12.1. The van der Waals surface area contributed by atoms with Gasteiger partial charge >= 0.3 is 5.97 Å². The summed E-state index contributed by atoms with van der Waals surface area (Å²) in [5.41, 5.74) is 1.21. The van der Waals surface area contributed by atoms with E-state index < -0.39 is 0 Å². The van der Waals surface area contributed by atoms with E-state index in [1.165, 1.54) is 12.8 Å². The molecule has 1 N–H and O–H groups in total. The van der Waals surface area contributed by atoms with Gasteiger partial charge in [-0.2, -0.15) is 0 Å². The minimum absolute atomic E-state index is 0.155. The van der Waals surface area contributed by atoms with Gasteiger partial charge in [-0.3, -0.25) is 4.79 Å². The number of methoxy groups -OCH3 is 1. The Balaban J connectivity index is 1.95. The highest BCUT2D eigenvalue weighted by Gasteiger charge is 2.21. The molecule has 0 aliphatic carbocycles. The Kier molecular flexibility index (Phi) is 3.98. The molecule has 1 unspecified atom stereocenters. The van der Waals surface area contributed by atoms with E-state index in [9.17, 15) is 4.79 Å². The Morgan fingerprint density at radius 3 is 2.94 bits per heavy atom. The molecule has 4 heteroatoms. The van der Waals surface area contributed by atoms with Crippen molar-refractivity contribution in [3.8, 4) is 0 Å². The van der Waals surface area contributed by atoms with Crippen molar-refractivity contribution in [3.05, 3.63) is 30.3 Å². The van der Waals surface area contributed by atoms with Crippen LogP contribution in [-0.4, -0.2) is 38.8 Å². The number of ether oxygens (including phenoxy) is 1. The fraction of sp³-hybridized carbons (Fsp3) is 0.462. The molecule has 0 spiro atoms. The molecule has 92 valence electrons. The Hall–Kier alpha value is -1.55. The average molecular weight is 234 g/mol. The van der Waals surface area contributed by atoms with E-state index in [0.29, 0.717) is 6.42 Å². The van der Waals surface area contributed by atoms with E-state index in [4.69, 9.17) is 4.74 Å². The van der Waals surface area contributed by atoms with Crippen molar-refractivity contribution >= 4 is 11.7 Å². The predicted octanol–water partition coefficient (Wildman–Crippen LogP) is 1.03. The van der Waals surface area contributed by atoms with E-state index >= 15 is 0 Å². The first-order valence-electron chi connectivity index (χ1n) is 5.90. The largest absolute Gasteiger partial charge is 0.469 e. The van der Waals surface area contributed by atoms with Crippen molar-refractivity contribution in [1.29, 1.82) is 0 Å². The molecule has 1 aliphatic heterocycles. The number of carbonyl (C=O) groups is 1. The zero-order valence-electron chi connectivity index (χ0n) is 10.1. The van der Waals surface area contributed by atoms with Gasteiger partial charge in [0.05, 0.1) is 13.5 Å². The number of piperazine rings is 1. The van der Waals surface area contributed by atoms with Crippen LogP contribution in [0.3, 0.4) is 0 Å². The smallest absolute Gasteiger partial charge is 0.307 e. The molecule has 1 saturated heterocycles. The Morgan fingerprint density at radius 2 is 2.24 bits per heavy atom. The number of nitrogens with one attached hydrogen (secondary N) is 1. The molecule has 0 amide bonds. The zero-order valence-corrected chi connectivity index (χ0v) is 10.1. The first-order chi connectivity index (χ1) is 8.29. The van der Waals surface area contributed by atoms with Gasteiger partial charge in [-0.15, -0.1) is 0 Å². The van der Waals surface area contributed by atoms with Crippen molar-refractivity contribution in [2.45, 2.75) is 12.5 Å². The van der Waals surface area contributed by atoms with Gasteiger partial charge in [-0.1, -0.05) is 18.2 Å². The number of esters is 1. The van der Waals surface area contributed by atoms with Gasteiger partial charge < -0.3 is 15.0 Å². The number of nitrogens with zero attached hydrogens (tertiary/aromatic N) is 1. The summed E-state index contributed by atoms with van der Waals surface area (Å²) in [6, 6.07) is 10.5. The van der Waals surface area contributed by atoms with E-state index in [-0.39, 0.29) is 12.0 Å². The molecule has 4 nitrogen and oxygen atoms in total. The minimum atomic E-state index is -0.155. The second-order valence-electron chi connectivity index (χ2n) is 4.21. The molecule has 1 aromatic rings. The van der Waals surface area contributed by atoms with Crippen molar-refractivity contribution in [1.82, 2.24) is 5.32 Å². The number of hydrogen-bond acceptors (Lipinski definition) is 4. The molecule has 1 heterocycles. The summed E-state index contributed by atoms with van der Waals surface area (Å²) >= 11 is 0. The molecular weight excluding hydrogens is 216 g/mol. The Labute approximate surface area is 102 Å². The lowest BCUT2D eigenvalue weighted by Crippen LogP contribution is -2.51. The second-order valence-corrected chi connectivity index (χ2v) is 4.21. The highest BCUT2D eigenvalue weighted by atomic mass is 16.5. The first kappa shape index (κ1) is 11.9. The summed E-state index contributed by atoms with van der Waals surface area (Å²) in [6.45, 7) is 2.72. The van der Waals surface area contributed by atoms with Gasteiger partial charge in [0, 0.05) is 31.4 Å². The maximum atomic E-state index is 11.2. The maximum Gasteiger partial charge on any atom is 0.307 e. The molecule has 1 aromatic carbocycles. The lowest BCUT2D eigenvalue weighted by atomic mass is 10.1. The lowest BCUT2D eigenvalue weighted by Gasteiger charge is -2.34. The molecule has 0 radical (unpaired) electrons. The molecule has 1 atom stereocenters. The van der Waals surface area contributed by atoms with Crippen LogP contribution in [0.1, 0.15) is 6.42 Å². The van der Waals surface area contributed by atoms with Gasteiger partial charge in [0.2, 0.25) is 0 Å². The third kappa shape index (κ3) is 3.20. The molecule has 0 saturated carbocycles. The van der Waals surface area contributed by atoms with Crippen LogP contribution in [0.15, 0.2) is 30.3 Å². The molecule has 1 aliphatic rings. The van der Waals surface area contributed by atoms with E-state index in [1.807, 2.05) is 18.2 Å². The fourth-order valence-electron chi connectivity index (χ4n) is 2.12. The fourth-order valence-corrected chi connectivity index (χ4v) is 2.12. The number of rotatable bonds is 3. The molecular formula is C13H18N2O2. The van der Waals surface area contributed by atoms with Gasteiger partial charge in [-0.25, -0.2) is 0 Å². The summed E-state index contributed by atoms with van der Waals surface area (Å²) in [5.74, 6) is -0.155. The van der Waals surface area contributed by atoms with Crippen LogP contribution >= 0.6 is 0 Å². The van der Waals surface area contributed by atoms with E-state index in [1.54, 1.807) is 0 Å². The average Bonchev–Trinajstić information content (AvgIpc) is 2.40. The molecule has 17 heavy (non-hydrogen) atoms. The normalized spacial score (nSPS) is 20.1. The number of para-hydroxylation sites is 1. The van der Waals surface area contributed by atoms with Crippen molar-refractivity contribution in [3.63, 3.8) is 0 Å². The Morgan fingerprint density at radius 1 is 1.47 bits per heavy atom. The van der Waals surface area contributed by atoms with Crippen molar-refractivity contribution in [2.24, 2.45) is 0 Å². The maximum absolute atomic E-state index is 11.2. The van der Waals surface area contributed by atoms with Crippen LogP contribution in [0, 0.1) is 0 Å². The van der Waals surface area contributed by atoms with Gasteiger partial charge in [0.15, 0.2) is 0 Å². The predicted molar refractivity (Wildman–Crippen MR) is 67.1 cm³/mol. The third-order valence-corrected chi connectivity index (χ3v) is 3.02. The van der Waals surface area contributed by atoms with Gasteiger partial charge in [0.1, 0.15) is 0 Å². The van der Waals surface area contributed by atoms with Crippen molar-refractivity contribution in [2.75, 3.05) is 31.6 Å². The SMILES string of the molecule is COC(=O)CC1CN(c2ccccc2)CCN1. The van der Waals surface area contributed by atoms with E-state index in [0.717, 1.165) is 19.6 Å². The van der Waals surface area contributed by atoms with Crippen molar-refractivity contribution < 1.29 is 9.53 Å². The van der Waals surface area contributed by atoms with Crippen LogP contribution in [0.5, 0.6) is 0 Å². The van der Waals surface area contributed by atoms with Crippen LogP contribution in [0.25, 0.3) is 0 Å². The highest BCUT2D eigenvalue weighted by Crippen LogP contribution is 2.15. The van der Waals surface area contributed by atoms with Crippen LogP contribution in [0.4, 0.5) is 5.69 Å². The minimum Gasteiger partial charge on any atom is -0.469 e. The molecule has 1 fully saturated rings. The summed E-state index contributed by atoms with van der Waals surface area (Å²) in [6.07, 6.45) is 0.430. The van der Waals surface area contributed by atoms with E-state index in [2.05, 4.69) is 22.3 Å². The summed E-state index contributed by atoms with van der Waals surface area (Å²) in [5, 5.41) is 3.34. The van der Waals surface area contributed by atoms with Crippen LogP contribution in [-0.2, 0) is 9.53 Å². The highest BCUT2D eigenvalue weighted by molar-refractivity contribution is 5.70. The number of carbonyl (C=O) groups excluding carboxylic acids is 1. The molecule has 0 bridgehead atoms. The number of hydrogen-bond donors (Lipinski definition) is 1. The van der Waals surface area contributed by atoms with Gasteiger partial charge in [0.25, 0.3) is 0 Å². The lowest BCUT2D eigenvalue weighted by molar-refractivity contribution is -0.141.